The first-order chi connectivity index (χ1) is 17.1. The summed E-state index contributed by atoms with van der Waals surface area (Å²) in [6.45, 7) is 3.41. The van der Waals surface area contributed by atoms with Crippen molar-refractivity contribution in [1.29, 1.82) is 0 Å². The molecule has 1 aromatic carbocycles. The highest BCUT2D eigenvalue weighted by atomic mass is 19.4. The van der Waals surface area contributed by atoms with E-state index in [2.05, 4.69) is 51.5 Å². The van der Waals surface area contributed by atoms with Crippen LogP contribution in [0.1, 0.15) is 34.9 Å². The molecule has 13 heteroatoms. The largest absolute Gasteiger partial charge is 0.490 e. The quantitative estimate of drug-likeness (QED) is 0.457. The molecule has 1 amide bonds. The van der Waals surface area contributed by atoms with E-state index in [0.717, 1.165) is 24.1 Å². The number of hydrogen-bond donors (Lipinski definition) is 1. The first-order valence-corrected chi connectivity index (χ1v) is 11.0. The molecule has 0 aliphatic carbocycles. The predicted molar refractivity (Wildman–Crippen MR) is 121 cm³/mol. The zero-order chi connectivity index (χ0) is 25.9. The molecule has 1 saturated heterocycles. The number of rotatable bonds is 3. The Balaban J connectivity index is 0.000000384. The first kappa shape index (κ1) is 24.8. The number of likely N-dealkylation sites (tertiary alicyclic amines) is 1. The van der Waals surface area contributed by atoms with E-state index in [0.29, 0.717) is 24.6 Å². The molecule has 188 valence electrons. The van der Waals surface area contributed by atoms with Gasteiger partial charge in [0.2, 0.25) is 5.78 Å². The average Bonchev–Trinajstić information content (AvgIpc) is 3.52. The number of piperidine rings is 1. The van der Waals surface area contributed by atoms with E-state index in [-0.39, 0.29) is 11.9 Å². The van der Waals surface area contributed by atoms with Crippen LogP contribution in [0.2, 0.25) is 0 Å². The third kappa shape index (κ3) is 5.67. The number of nitrogens with zero attached hydrogens (tertiary/aromatic N) is 7. The third-order valence-corrected chi connectivity index (χ3v) is 5.68. The van der Waals surface area contributed by atoms with Crippen LogP contribution in [0.4, 0.5) is 13.2 Å². The molecule has 36 heavy (non-hydrogen) atoms. The molecular formula is C23H22F3N7O3. The highest BCUT2D eigenvalue weighted by Crippen LogP contribution is 2.25. The Bertz CT molecular complexity index is 1320. The predicted octanol–water partition coefficient (Wildman–Crippen LogP) is 3.41. The number of amides is 1. The fourth-order valence-electron chi connectivity index (χ4n) is 3.74. The molecule has 0 spiro atoms. The number of aryl methyl sites for hydroxylation is 1. The zero-order valence-electron chi connectivity index (χ0n) is 19.1. The van der Waals surface area contributed by atoms with Gasteiger partial charge in [0.25, 0.3) is 5.91 Å². The minimum absolute atomic E-state index is 0.0483. The van der Waals surface area contributed by atoms with Crippen molar-refractivity contribution in [2.45, 2.75) is 32.0 Å². The lowest BCUT2D eigenvalue weighted by atomic mass is 10.0. The van der Waals surface area contributed by atoms with E-state index in [1.165, 1.54) is 5.56 Å². The number of hydrogen-bond acceptors (Lipinski definition) is 6. The zero-order valence-corrected chi connectivity index (χ0v) is 19.1. The van der Waals surface area contributed by atoms with E-state index in [1.54, 1.807) is 16.8 Å². The summed E-state index contributed by atoms with van der Waals surface area (Å²) >= 11 is 0. The van der Waals surface area contributed by atoms with Gasteiger partial charge in [0, 0.05) is 37.2 Å². The second kappa shape index (κ2) is 10.1. The molecule has 1 fully saturated rings. The lowest BCUT2D eigenvalue weighted by Gasteiger charge is -2.31. The van der Waals surface area contributed by atoms with E-state index in [4.69, 9.17) is 9.90 Å². The Morgan fingerprint density at radius 1 is 1.08 bits per heavy atom. The minimum Gasteiger partial charge on any atom is -0.475 e. The molecule has 1 aliphatic heterocycles. The molecule has 0 unspecified atom stereocenters. The van der Waals surface area contributed by atoms with Crippen LogP contribution in [0, 0.1) is 6.92 Å². The van der Waals surface area contributed by atoms with Crippen LogP contribution in [-0.4, -0.2) is 70.5 Å². The van der Waals surface area contributed by atoms with Crippen molar-refractivity contribution in [3.8, 4) is 11.3 Å². The summed E-state index contributed by atoms with van der Waals surface area (Å²) in [4.78, 5) is 32.1. The number of benzene rings is 1. The van der Waals surface area contributed by atoms with Crippen molar-refractivity contribution >= 4 is 17.7 Å². The smallest absolute Gasteiger partial charge is 0.475 e. The van der Waals surface area contributed by atoms with Gasteiger partial charge in [-0.2, -0.15) is 13.2 Å². The number of imidazole rings is 1. The molecular weight excluding hydrogens is 479 g/mol. The number of carboxylic acid groups (broad SMARTS) is 1. The summed E-state index contributed by atoms with van der Waals surface area (Å²) in [6, 6.07) is 10.3. The van der Waals surface area contributed by atoms with Crippen molar-refractivity contribution in [2.75, 3.05) is 13.1 Å². The maximum Gasteiger partial charge on any atom is 0.490 e. The van der Waals surface area contributed by atoms with Gasteiger partial charge in [-0.15, -0.1) is 5.10 Å². The molecule has 1 aliphatic rings. The van der Waals surface area contributed by atoms with Gasteiger partial charge in [0.05, 0.1) is 12.2 Å². The number of carboxylic acids is 1. The highest BCUT2D eigenvalue weighted by Gasteiger charge is 2.38. The molecule has 10 nitrogen and oxygen atoms in total. The van der Waals surface area contributed by atoms with Crippen molar-refractivity contribution in [3.63, 3.8) is 0 Å². The summed E-state index contributed by atoms with van der Waals surface area (Å²) in [5.74, 6) is -2.27. The van der Waals surface area contributed by atoms with Crippen molar-refractivity contribution in [1.82, 2.24) is 34.3 Å². The maximum atomic E-state index is 12.8. The molecule has 0 atom stereocenters. The maximum absolute atomic E-state index is 12.8. The van der Waals surface area contributed by atoms with E-state index >= 15 is 0 Å². The summed E-state index contributed by atoms with van der Waals surface area (Å²) in [7, 11) is 0. The molecule has 5 rings (SSSR count). The van der Waals surface area contributed by atoms with Crippen LogP contribution in [-0.2, 0) is 4.79 Å². The molecule has 4 aromatic rings. The Hall–Kier alpha value is -4.29. The van der Waals surface area contributed by atoms with Gasteiger partial charge in [0.15, 0.2) is 0 Å². The van der Waals surface area contributed by atoms with Gasteiger partial charge < -0.3 is 10.0 Å². The topological polar surface area (TPSA) is 119 Å². The second-order valence-electron chi connectivity index (χ2n) is 8.23. The number of carbonyl (C=O) groups excluding carboxylic acids is 1. The Morgan fingerprint density at radius 3 is 2.36 bits per heavy atom. The van der Waals surface area contributed by atoms with Crippen LogP contribution < -0.4 is 0 Å². The number of carbonyl (C=O) groups is 2. The van der Waals surface area contributed by atoms with Gasteiger partial charge >= 0.3 is 12.1 Å². The van der Waals surface area contributed by atoms with Crippen LogP contribution in [0.25, 0.3) is 17.0 Å². The number of aliphatic carboxylic acids is 1. The lowest BCUT2D eigenvalue weighted by molar-refractivity contribution is -0.192. The summed E-state index contributed by atoms with van der Waals surface area (Å²) in [5.41, 5.74) is 3.60. The van der Waals surface area contributed by atoms with Crippen LogP contribution >= 0.6 is 0 Å². The van der Waals surface area contributed by atoms with E-state index < -0.39 is 12.1 Å². The SMILES string of the molecule is Cc1ccc(-c2cn(C3CCN(C(=O)c4cn5cccnc5n4)CC3)nn2)cc1.O=C(O)C(F)(F)F. The molecule has 3 aromatic heterocycles. The summed E-state index contributed by atoms with van der Waals surface area (Å²) in [6.07, 6.45) is 3.85. The van der Waals surface area contributed by atoms with Gasteiger partial charge in [0.1, 0.15) is 11.4 Å². The first-order valence-electron chi connectivity index (χ1n) is 11.0. The van der Waals surface area contributed by atoms with Gasteiger partial charge in [-0.3, -0.25) is 9.20 Å². The number of fused-ring (bicyclic) bond motifs is 1. The van der Waals surface area contributed by atoms with Gasteiger partial charge in [-0.05, 0) is 25.8 Å². The van der Waals surface area contributed by atoms with Gasteiger partial charge in [-0.25, -0.2) is 19.4 Å². The van der Waals surface area contributed by atoms with Crippen molar-refractivity contribution in [3.05, 3.63) is 66.4 Å². The van der Waals surface area contributed by atoms with Crippen LogP contribution in [0.15, 0.2) is 55.1 Å². The third-order valence-electron chi connectivity index (χ3n) is 5.68. The summed E-state index contributed by atoms with van der Waals surface area (Å²) < 4.78 is 35.4. The lowest BCUT2D eigenvalue weighted by Crippen LogP contribution is -2.39. The molecule has 0 bridgehead atoms. The summed E-state index contributed by atoms with van der Waals surface area (Å²) in [5, 5.41) is 15.8. The number of alkyl halides is 3. The van der Waals surface area contributed by atoms with E-state index in [9.17, 15) is 18.0 Å². The molecule has 0 saturated carbocycles. The normalized spacial score (nSPS) is 14.4. The standard InChI is InChI=1S/C21H21N7O.C2HF3O2/c1-15-3-5-16(6-4-15)18-14-28(25-24-18)17-7-11-26(12-8-17)20(29)19-13-27-10-2-9-22-21(27)23-19;3-2(4,5)1(6)7/h2-6,9-10,13-14,17H,7-8,11-12H2,1H3;(H,6,7). The fraction of sp³-hybridized carbons (Fsp3) is 0.304. The Kier molecular flexibility index (Phi) is 6.99. The Morgan fingerprint density at radius 2 is 1.75 bits per heavy atom. The minimum atomic E-state index is -5.08. The fourth-order valence-corrected chi connectivity index (χ4v) is 3.74. The monoisotopic (exact) mass is 501 g/mol. The second-order valence-corrected chi connectivity index (χ2v) is 8.23. The van der Waals surface area contributed by atoms with E-state index in [1.807, 2.05) is 28.0 Å². The highest BCUT2D eigenvalue weighted by molar-refractivity contribution is 5.92. The molecule has 1 N–H and O–H groups in total. The average molecular weight is 501 g/mol. The van der Waals surface area contributed by atoms with Gasteiger partial charge in [-0.1, -0.05) is 35.0 Å². The van der Waals surface area contributed by atoms with Crippen molar-refractivity contribution < 1.29 is 27.9 Å². The molecule has 4 heterocycles. The number of halogens is 3. The molecule has 0 radical (unpaired) electrons. The number of aromatic nitrogens is 6. The van der Waals surface area contributed by atoms with Crippen molar-refractivity contribution in [2.24, 2.45) is 0 Å². The Labute approximate surface area is 203 Å². The van der Waals surface area contributed by atoms with Crippen LogP contribution in [0.5, 0.6) is 0 Å². The van der Waals surface area contributed by atoms with Crippen LogP contribution in [0.3, 0.4) is 0 Å².